The Morgan fingerprint density at radius 1 is 1.12 bits per heavy atom. The number of hydrogen-bond donors (Lipinski definition) is 1. The molecule has 1 aliphatic heterocycles. The molecule has 0 atom stereocenters. The van der Waals surface area contributed by atoms with Gasteiger partial charge in [0.15, 0.2) is 0 Å². The molecule has 1 N–H and O–H groups in total. The summed E-state index contributed by atoms with van der Waals surface area (Å²) >= 11 is 0. The molecule has 6 nitrogen and oxygen atoms in total. The highest BCUT2D eigenvalue weighted by Crippen LogP contribution is 2.43. The van der Waals surface area contributed by atoms with Crippen LogP contribution in [0.5, 0.6) is 0 Å². The van der Waals surface area contributed by atoms with Gasteiger partial charge in [0.2, 0.25) is 0 Å². The summed E-state index contributed by atoms with van der Waals surface area (Å²) in [6.07, 6.45) is -0.353. The van der Waals surface area contributed by atoms with Crippen molar-refractivity contribution in [1.29, 1.82) is 0 Å². The highest BCUT2D eigenvalue weighted by molar-refractivity contribution is 5.89. The first-order chi connectivity index (χ1) is 14.3. The number of pyridine rings is 1. The van der Waals surface area contributed by atoms with Crippen molar-refractivity contribution in [2.75, 3.05) is 11.4 Å². The Bertz CT molecular complexity index is 1100. The minimum atomic E-state index is -4.39. The molecule has 0 unspecified atom stereocenters. The Morgan fingerprint density at radius 3 is 2.53 bits per heavy atom. The summed E-state index contributed by atoms with van der Waals surface area (Å²) in [5.41, 5.74) is -0.346. The summed E-state index contributed by atoms with van der Waals surface area (Å²) in [6, 6.07) is 8.92. The fourth-order valence-electron chi connectivity index (χ4n) is 4.39. The molecule has 5 rings (SSSR count). The van der Waals surface area contributed by atoms with E-state index in [4.69, 9.17) is 4.74 Å². The van der Waals surface area contributed by atoms with E-state index >= 15 is 0 Å². The minimum absolute atomic E-state index is 0. The van der Waals surface area contributed by atoms with E-state index in [1.165, 1.54) is 6.07 Å². The van der Waals surface area contributed by atoms with Gasteiger partial charge in [0, 0.05) is 12.1 Å². The average Bonchev–Trinajstić information content (AvgIpc) is 3.29. The van der Waals surface area contributed by atoms with Crippen molar-refractivity contribution in [2.24, 2.45) is 0 Å². The lowest BCUT2D eigenvalue weighted by molar-refractivity contribution is -0.137. The van der Waals surface area contributed by atoms with Crippen LogP contribution < -0.4 is 4.90 Å². The van der Waals surface area contributed by atoms with Gasteiger partial charge in [0.05, 0.1) is 23.1 Å². The maximum absolute atomic E-state index is 12.9. The van der Waals surface area contributed by atoms with Gasteiger partial charge in [-0.3, -0.25) is 4.90 Å². The first-order valence-corrected chi connectivity index (χ1v) is 9.81. The molecule has 2 aliphatic rings. The summed E-state index contributed by atoms with van der Waals surface area (Å²) in [5.74, 6) is 1.34. The number of benzene rings is 1. The lowest BCUT2D eigenvalue weighted by Gasteiger charge is -2.34. The van der Waals surface area contributed by atoms with Crippen LogP contribution in [0.4, 0.5) is 23.8 Å². The molecule has 3 heterocycles. The van der Waals surface area contributed by atoms with Crippen LogP contribution in [0.3, 0.4) is 0 Å². The first kappa shape index (κ1) is 24.1. The number of anilines is 1. The zero-order valence-corrected chi connectivity index (χ0v) is 18.4. The topological polar surface area (TPSA) is 71.1 Å². The van der Waals surface area contributed by atoms with Gasteiger partial charge in [-0.05, 0) is 56.0 Å². The molecule has 1 aliphatic carbocycles. The number of rotatable bonds is 2. The van der Waals surface area contributed by atoms with Gasteiger partial charge in [-0.1, -0.05) is 6.07 Å². The van der Waals surface area contributed by atoms with Crippen LogP contribution >= 0.6 is 24.8 Å². The molecule has 11 heteroatoms. The molecule has 2 fully saturated rings. The van der Waals surface area contributed by atoms with Crippen molar-refractivity contribution >= 4 is 47.8 Å². The van der Waals surface area contributed by atoms with E-state index in [9.17, 15) is 18.0 Å². The van der Waals surface area contributed by atoms with Crippen LogP contribution in [0.15, 0.2) is 42.6 Å². The van der Waals surface area contributed by atoms with Crippen molar-refractivity contribution in [3.63, 3.8) is 0 Å². The number of H-pyrrole nitrogens is 1. The Kier molecular flexibility index (Phi) is 6.62. The van der Waals surface area contributed by atoms with Crippen molar-refractivity contribution in [3.8, 4) is 0 Å². The number of carbonyl (C=O) groups excluding carboxylic acids is 1. The molecular formula is C21H21Cl2F3N4O2. The van der Waals surface area contributed by atoms with Crippen LogP contribution in [-0.2, 0) is 10.9 Å². The number of amides is 1. The van der Waals surface area contributed by atoms with Crippen molar-refractivity contribution in [3.05, 3.63) is 54.0 Å². The Hall–Kier alpha value is -2.52. The van der Waals surface area contributed by atoms with Crippen LogP contribution in [0, 0.1) is 0 Å². The van der Waals surface area contributed by atoms with Gasteiger partial charge >= 0.3 is 12.3 Å². The van der Waals surface area contributed by atoms with Crippen LogP contribution in [0.2, 0.25) is 0 Å². The van der Waals surface area contributed by atoms with Gasteiger partial charge in [-0.15, -0.1) is 24.8 Å². The molecule has 1 aromatic carbocycles. The van der Waals surface area contributed by atoms with Crippen LogP contribution in [0.1, 0.15) is 43.0 Å². The molecule has 1 amide bonds. The predicted molar refractivity (Wildman–Crippen MR) is 118 cm³/mol. The van der Waals surface area contributed by atoms with E-state index in [1.807, 2.05) is 6.07 Å². The number of aromatic nitrogens is 3. The van der Waals surface area contributed by atoms with Gasteiger partial charge in [0.25, 0.3) is 0 Å². The van der Waals surface area contributed by atoms with E-state index in [0.29, 0.717) is 42.1 Å². The number of halogens is 5. The molecule has 2 aromatic heterocycles. The third-order valence-electron chi connectivity index (χ3n) is 6.01. The van der Waals surface area contributed by atoms with Gasteiger partial charge in [-0.25, -0.2) is 14.8 Å². The Labute approximate surface area is 194 Å². The summed E-state index contributed by atoms with van der Waals surface area (Å²) in [5, 5.41) is 0. The molecule has 0 bridgehead atoms. The molecule has 1 spiro atoms. The number of nitrogens with one attached hydrogen (secondary N) is 1. The Morgan fingerprint density at radius 2 is 1.88 bits per heavy atom. The van der Waals surface area contributed by atoms with Crippen LogP contribution in [0.25, 0.3) is 11.0 Å². The fourth-order valence-corrected chi connectivity index (χ4v) is 4.39. The van der Waals surface area contributed by atoms with E-state index < -0.39 is 23.4 Å². The lowest BCUT2D eigenvalue weighted by atomic mass is 9.78. The zero-order chi connectivity index (χ0) is 20.9. The molecule has 172 valence electrons. The maximum atomic E-state index is 12.9. The number of alkyl halides is 3. The summed E-state index contributed by atoms with van der Waals surface area (Å²) in [7, 11) is 0. The number of imidazole rings is 1. The minimum Gasteiger partial charge on any atom is -0.441 e. The smallest absolute Gasteiger partial charge is 0.416 e. The number of carbonyl (C=O) groups is 1. The monoisotopic (exact) mass is 488 g/mol. The number of nitrogens with zero attached hydrogens (tertiary/aromatic N) is 3. The summed E-state index contributed by atoms with van der Waals surface area (Å²) < 4.78 is 44.6. The SMILES string of the molecule is Cl.Cl.O=C1OC2(CCC(c3nc4ccc(C(F)(F)F)cc4[nH]3)CC2)CN1c1ccccn1. The highest BCUT2D eigenvalue weighted by Gasteiger charge is 2.48. The summed E-state index contributed by atoms with van der Waals surface area (Å²) in [6.45, 7) is 0.449. The van der Waals surface area contributed by atoms with E-state index in [0.717, 1.165) is 25.0 Å². The van der Waals surface area contributed by atoms with E-state index in [1.54, 1.807) is 23.2 Å². The third-order valence-corrected chi connectivity index (χ3v) is 6.01. The molecule has 3 aromatic rings. The van der Waals surface area contributed by atoms with Gasteiger partial charge in [-0.2, -0.15) is 13.2 Å². The maximum Gasteiger partial charge on any atom is 0.416 e. The molecule has 1 saturated carbocycles. The number of aromatic amines is 1. The fraction of sp³-hybridized carbons (Fsp3) is 0.381. The Balaban J connectivity index is 0.00000144. The van der Waals surface area contributed by atoms with Crippen molar-refractivity contribution in [2.45, 2.75) is 43.4 Å². The number of hydrogen-bond acceptors (Lipinski definition) is 4. The van der Waals surface area contributed by atoms with E-state index in [-0.39, 0.29) is 30.7 Å². The second kappa shape index (κ2) is 8.78. The number of ether oxygens (including phenoxy) is 1. The standard InChI is InChI=1S/C21H19F3N4O2.2ClH/c22-21(23,24)14-4-5-15-16(11-14)27-18(26-15)13-6-8-20(9-7-13)12-28(19(29)30-20)17-3-1-2-10-25-17;;/h1-5,10-11,13H,6-9,12H2,(H,26,27);2*1H. The van der Waals surface area contributed by atoms with Crippen molar-refractivity contribution in [1.82, 2.24) is 15.0 Å². The third kappa shape index (κ3) is 4.36. The average molecular weight is 489 g/mol. The zero-order valence-electron chi connectivity index (χ0n) is 16.8. The molecule has 1 saturated heterocycles. The first-order valence-electron chi connectivity index (χ1n) is 9.81. The lowest BCUT2D eigenvalue weighted by Crippen LogP contribution is -2.38. The summed E-state index contributed by atoms with van der Waals surface area (Å²) in [4.78, 5) is 25.7. The largest absolute Gasteiger partial charge is 0.441 e. The highest BCUT2D eigenvalue weighted by atomic mass is 35.5. The van der Waals surface area contributed by atoms with Crippen LogP contribution in [-0.4, -0.2) is 33.2 Å². The number of fused-ring (bicyclic) bond motifs is 1. The van der Waals surface area contributed by atoms with Gasteiger partial charge < -0.3 is 9.72 Å². The predicted octanol–water partition coefficient (Wildman–Crippen LogP) is 5.87. The van der Waals surface area contributed by atoms with Crippen molar-refractivity contribution < 1.29 is 22.7 Å². The second-order valence-corrected chi connectivity index (χ2v) is 7.95. The molecule has 32 heavy (non-hydrogen) atoms. The molecule has 0 radical (unpaired) electrons. The molecular weight excluding hydrogens is 468 g/mol. The quantitative estimate of drug-likeness (QED) is 0.489. The van der Waals surface area contributed by atoms with E-state index in [2.05, 4.69) is 15.0 Å². The van der Waals surface area contributed by atoms with Gasteiger partial charge in [0.1, 0.15) is 17.2 Å². The second-order valence-electron chi connectivity index (χ2n) is 7.95. The normalized spacial score (nSPS) is 23.0.